The van der Waals surface area contributed by atoms with Crippen molar-refractivity contribution in [2.45, 2.75) is 19.2 Å². The second kappa shape index (κ2) is 6.94. The molecule has 130 valence electrons. The lowest BCUT2D eigenvalue weighted by atomic mass is 10.1. The third-order valence-corrected chi connectivity index (χ3v) is 4.30. The Hall–Kier alpha value is -1.86. The lowest BCUT2D eigenvalue weighted by molar-refractivity contribution is -0.143. The van der Waals surface area contributed by atoms with E-state index in [-0.39, 0.29) is 12.5 Å². The SMILES string of the molecule is OCc1cc2ccccc2nc1NC[C@H]1CCN(CC(F)(F)F)C1. The van der Waals surface area contributed by atoms with Crippen molar-refractivity contribution in [3.8, 4) is 0 Å². The van der Waals surface area contributed by atoms with Gasteiger partial charge in [0, 0.05) is 24.0 Å². The molecule has 0 amide bonds. The molecule has 0 radical (unpaired) electrons. The van der Waals surface area contributed by atoms with Crippen LogP contribution in [0.1, 0.15) is 12.0 Å². The zero-order chi connectivity index (χ0) is 17.2. The van der Waals surface area contributed by atoms with Crippen molar-refractivity contribution in [1.82, 2.24) is 9.88 Å². The fourth-order valence-electron chi connectivity index (χ4n) is 3.15. The average molecular weight is 339 g/mol. The highest BCUT2D eigenvalue weighted by molar-refractivity contribution is 5.81. The van der Waals surface area contributed by atoms with E-state index in [0.717, 1.165) is 17.3 Å². The number of nitrogens with zero attached hydrogens (tertiary/aromatic N) is 2. The number of para-hydroxylation sites is 1. The highest BCUT2D eigenvalue weighted by atomic mass is 19.4. The van der Waals surface area contributed by atoms with E-state index in [2.05, 4.69) is 10.3 Å². The van der Waals surface area contributed by atoms with Gasteiger partial charge in [0.25, 0.3) is 0 Å². The molecule has 24 heavy (non-hydrogen) atoms. The van der Waals surface area contributed by atoms with Gasteiger partial charge in [0.1, 0.15) is 5.82 Å². The van der Waals surface area contributed by atoms with Gasteiger partial charge in [-0.15, -0.1) is 0 Å². The van der Waals surface area contributed by atoms with Crippen molar-refractivity contribution < 1.29 is 18.3 Å². The first-order chi connectivity index (χ1) is 11.4. The zero-order valence-corrected chi connectivity index (χ0v) is 13.2. The minimum absolute atomic E-state index is 0.134. The van der Waals surface area contributed by atoms with Gasteiger partial charge in [-0.2, -0.15) is 13.2 Å². The summed E-state index contributed by atoms with van der Waals surface area (Å²) in [6.07, 6.45) is -3.42. The Labute approximate surface area is 138 Å². The van der Waals surface area contributed by atoms with E-state index >= 15 is 0 Å². The maximum Gasteiger partial charge on any atom is 0.401 e. The van der Waals surface area contributed by atoms with Gasteiger partial charge in [0.15, 0.2) is 0 Å². The van der Waals surface area contributed by atoms with Gasteiger partial charge in [-0.05, 0) is 31.0 Å². The first-order valence-electron chi connectivity index (χ1n) is 7.97. The summed E-state index contributed by atoms with van der Waals surface area (Å²) < 4.78 is 37.3. The Morgan fingerprint density at radius 2 is 2.08 bits per heavy atom. The smallest absolute Gasteiger partial charge is 0.392 e. The largest absolute Gasteiger partial charge is 0.401 e. The number of fused-ring (bicyclic) bond motifs is 1. The van der Waals surface area contributed by atoms with E-state index in [1.54, 1.807) is 0 Å². The molecule has 2 aromatic rings. The molecular formula is C17H20F3N3O. The summed E-state index contributed by atoms with van der Waals surface area (Å²) in [5.74, 6) is 0.748. The Morgan fingerprint density at radius 1 is 1.29 bits per heavy atom. The van der Waals surface area contributed by atoms with Crippen molar-refractivity contribution >= 4 is 16.7 Å². The number of hydrogen-bond acceptors (Lipinski definition) is 4. The maximum absolute atomic E-state index is 12.4. The zero-order valence-electron chi connectivity index (χ0n) is 13.2. The Balaban J connectivity index is 1.63. The number of aromatic nitrogens is 1. The number of benzene rings is 1. The average Bonchev–Trinajstić information content (AvgIpc) is 2.97. The fourth-order valence-corrected chi connectivity index (χ4v) is 3.15. The van der Waals surface area contributed by atoms with E-state index in [1.165, 1.54) is 4.90 Å². The molecule has 1 aromatic carbocycles. The van der Waals surface area contributed by atoms with Crippen LogP contribution in [0.4, 0.5) is 19.0 Å². The molecule has 3 rings (SSSR count). The van der Waals surface area contributed by atoms with Gasteiger partial charge >= 0.3 is 6.18 Å². The summed E-state index contributed by atoms with van der Waals surface area (Å²) in [5.41, 5.74) is 1.51. The lowest BCUT2D eigenvalue weighted by Gasteiger charge is -2.18. The van der Waals surface area contributed by atoms with Crippen LogP contribution >= 0.6 is 0 Å². The molecule has 1 saturated heterocycles. The molecule has 0 saturated carbocycles. The number of aliphatic hydroxyl groups is 1. The Bertz CT molecular complexity index is 705. The fraction of sp³-hybridized carbons (Fsp3) is 0.471. The van der Waals surface area contributed by atoms with Crippen LogP contribution in [0.25, 0.3) is 10.9 Å². The van der Waals surface area contributed by atoms with Crippen LogP contribution in [-0.4, -0.2) is 47.3 Å². The van der Waals surface area contributed by atoms with Gasteiger partial charge in [-0.3, -0.25) is 4.90 Å². The Kier molecular flexibility index (Phi) is 4.91. The third-order valence-electron chi connectivity index (χ3n) is 4.30. The summed E-state index contributed by atoms with van der Waals surface area (Å²) in [7, 11) is 0. The molecule has 1 fully saturated rings. The first kappa shape index (κ1) is 17.0. The van der Waals surface area contributed by atoms with Crippen LogP contribution in [0, 0.1) is 5.92 Å². The number of halogens is 3. The maximum atomic E-state index is 12.4. The molecule has 2 heterocycles. The second-order valence-electron chi connectivity index (χ2n) is 6.23. The molecule has 0 unspecified atom stereocenters. The molecule has 1 atom stereocenters. The highest BCUT2D eigenvalue weighted by Gasteiger charge is 2.34. The van der Waals surface area contributed by atoms with Crippen LogP contribution in [-0.2, 0) is 6.61 Å². The molecule has 7 heteroatoms. The number of anilines is 1. The third kappa shape index (κ3) is 4.15. The standard InChI is InChI=1S/C17H20F3N3O/c18-17(19,20)11-23-6-5-12(9-23)8-21-16-14(10-24)7-13-3-1-2-4-15(13)22-16/h1-4,7,12,24H,5-6,8-11H2,(H,21,22)/t12-/m1/s1. The lowest BCUT2D eigenvalue weighted by Crippen LogP contribution is -2.33. The first-order valence-corrected chi connectivity index (χ1v) is 7.97. The molecule has 0 aliphatic carbocycles. The minimum Gasteiger partial charge on any atom is -0.392 e. The predicted octanol–water partition coefficient (Wildman–Crippen LogP) is 3.02. The van der Waals surface area contributed by atoms with E-state index in [1.807, 2.05) is 30.3 Å². The number of alkyl halides is 3. The molecule has 1 aromatic heterocycles. The van der Waals surface area contributed by atoms with Gasteiger partial charge in [0.2, 0.25) is 0 Å². The molecule has 0 spiro atoms. The van der Waals surface area contributed by atoms with Gasteiger partial charge < -0.3 is 10.4 Å². The van der Waals surface area contributed by atoms with Crippen LogP contribution in [0.5, 0.6) is 0 Å². The minimum atomic E-state index is -4.15. The summed E-state index contributed by atoms with van der Waals surface area (Å²) >= 11 is 0. The number of likely N-dealkylation sites (tertiary alicyclic amines) is 1. The Morgan fingerprint density at radius 3 is 2.83 bits per heavy atom. The molecule has 1 aliphatic heterocycles. The van der Waals surface area contributed by atoms with Crippen LogP contribution in [0.15, 0.2) is 30.3 Å². The quantitative estimate of drug-likeness (QED) is 0.879. The van der Waals surface area contributed by atoms with Gasteiger partial charge in [0.05, 0.1) is 18.7 Å². The molecule has 2 N–H and O–H groups in total. The molecular weight excluding hydrogens is 319 g/mol. The van der Waals surface area contributed by atoms with Crippen molar-refractivity contribution in [2.75, 3.05) is 31.5 Å². The van der Waals surface area contributed by atoms with Crippen LogP contribution < -0.4 is 5.32 Å². The summed E-state index contributed by atoms with van der Waals surface area (Å²) in [6.45, 7) is 0.454. The van der Waals surface area contributed by atoms with Crippen molar-refractivity contribution in [3.05, 3.63) is 35.9 Å². The summed E-state index contributed by atoms with van der Waals surface area (Å²) in [6, 6.07) is 9.50. The van der Waals surface area contributed by atoms with Crippen molar-refractivity contribution in [3.63, 3.8) is 0 Å². The number of hydrogen-bond donors (Lipinski definition) is 2. The molecule has 1 aliphatic rings. The van der Waals surface area contributed by atoms with E-state index in [9.17, 15) is 18.3 Å². The number of rotatable bonds is 5. The molecule has 4 nitrogen and oxygen atoms in total. The number of aliphatic hydroxyl groups excluding tert-OH is 1. The van der Waals surface area contributed by atoms with E-state index in [4.69, 9.17) is 0 Å². The van der Waals surface area contributed by atoms with Gasteiger partial charge in [-0.1, -0.05) is 18.2 Å². The van der Waals surface area contributed by atoms with Crippen molar-refractivity contribution in [1.29, 1.82) is 0 Å². The van der Waals surface area contributed by atoms with Crippen LogP contribution in [0.2, 0.25) is 0 Å². The normalized spacial score (nSPS) is 19.1. The number of pyridine rings is 1. The topological polar surface area (TPSA) is 48.4 Å². The highest BCUT2D eigenvalue weighted by Crippen LogP contribution is 2.24. The van der Waals surface area contributed by atoms with E-state index < -0.39 is 12.7 Å². The molecule has 0 bridgehead atoms. The van der Waals surface area contributed by atoms with Crippen molar-refractivity contribution in [2.24, 2.45) is 5.92 Å². The summed E-state index contributed by atoms with van der Waals surface area (Å²) in [5, 5.41) is 13.7. The number of nitrogens with one attached hydrogen (secondary N) is 1. The second-order valence-corrected chi connectivity index (χ2v) is 6.23. The predicted molar refractivity (Wildman–Crippen MR) is 86.8 cm³/mol. The van der Waals surface area contributed by atoms with Gasteiger partial charge in [-0.25, -0.2) is 4.98 Å². The van der Waals surface area contributed by atoms with Crippen LogP contribution in [0.3, 0.4) is 0 Å². The van der Waals surface area contributed by atoms with E-state index in [0.29, 0.717) is 31.0 Å². The summed E-state index contributed by atoms with van der Waals surface area (Å²) in [4.78, 5) is 5.96. The monoisotopic (exact) mass is 339 g/mol.